The Morgan fingerprint density at radius 1 is 1.24 bits per heavy atom. The Hall–Kier alpha value is -2.96. The van der Waals surface area contributed by atoms with E-state index in [4.69, 9.17) is 9.57 Å². The first-order chi connectivity index (χ1) is 13.9. The van der Waals surface area contributed by atoms with Gasteiger partial charge in [0, 0.05) is 30.5 Å². The lowest BCUT2D eigenvalue weighted by molar-refractivity contribution is -0.137. The molecule has 2 aromatic carbocycles. The van der Waals surface area contributed by atoms with Gasteiger partial charge in [0.1, 0.15) is 17.4 Å². The molecule has 0 aliphatic carbocycles. The predicted molar refractivity (Wildman–Crippen MR) is 106 cm³/mol. The van der Waals surface area contributed by atoms with Gasteiger partial charge in [-0.3, -0.25) is 4.79 Å². The third-order valence-electron chi connectivity index (χ3n) is 4.76. The van der Waals surface area contributed by atoms with E-state index in [1.54, 1.807) is 21.0 Å². The molecule has 1 atom stereocenters. The van der Waals surface area contributed by atoms with Gasteiger partial charge < -0.3 is 14.5 Å². The lowest BCUT2D eigenvalue weighted by Crippen LogP contribution is -2.39. The Bertz CT molecular complexity index is 897. The third kappa shape index (κ3) is 5.10. The minimum Gasteiger partial charge on any atom is -0.497 e. The summed E-state index contributed by atoms with van der Waals surface area (Å²) >= 11 is 0. The SMILES string of the molecule is COc1ccc(C2=NOC(CN(Cc3ccc(F)cc3F)C(=O)C(C)C)C2)cc1. The van der Waals surface area contributed by atoms with Gasteiger partial charge in [-0.15, -0.1) is 0 Å². The predicted octanol–water partition coefficient (Wildman–Crippen LogP) is 4.15. The maximum absolute atomic E-state index is 14.1. The van der Waals surface area contributed by atoms with Crippen molar-refractivity contribution in [3.63, 3.8) is 0 Å². The van der Waals surface area contributed by atoms with E-state index in [0.29, 0.717) is 6.42 Å². The second kappa shape index (κ2) is 9.03. The molecule has 1 heterocycles. The molecule has 0 N–H and O–H groups in total. The number of ether oxygens (including phenoxy) is 1. The average Bonchev–Trinajstić information content (AvgIpc) is 3.17. The van der Waals surface area contributed by atoms with Gasteiger partial charge in [-0.2, -0.15) is 0 Å². The molecule has 1 aliphatic heterocycles. The average molecular weight is 402 g/mol. The van der Waals surface area contributed by atoms with E-state index < -0.39 is 11.6 Å². The van der Waals surface area contributed by atoms with Crippen molar-refractivity contribution >= 4 is 11.6 Å². The zero-order valence-corrected chi connectivity index (χ0v) is 16.7. The van der Waals surface area contributed by atoms with Crippen LogP contribution in [0, 0.1) is 17.6 Å². The Labute approximate surface area is 168 Å². The normalized spacial score (nSPS) is 15.8. The number of hydrogen-bond donors (Lipinski definition) is 0. The quantitative estimate of drug-likeness (QED) is 0.699. The zero-order valence-electron chi connectivity index (χ0n) is 16.7. The molecule has 1 aliphatic rings. The Morgan fingerprint density at radius 2 is 1.97 bits per heavy atom. The molecule has 2 aromatic rings. The van der Waals surface area contributed by atoms with Crippen LogP contribution in [0.5, 0.6) is 5.75 Å². The smallest absolute Gasteiger partial charge is 0.225 e. The highest BCUT2D eigenvalue weighted by atomic mass is 19.1. The molecular formula is C22H24F2N2O3. The van der Waals surface area contributed by atoms with Gasteiger partial charge in [0.2, 0.25) is 5.91 Å². The molecule has 1 unspecified atom stereocenters. The van der Waals surface area contributed by atoms with E-state index >= 15 is 0 Å². The molecule has 0 saturated carbocycles. The van der Waals surface area contributed by atoms with Crippen LogP contribution in [0.3, 0.4) is 0 Å². The molecule has 0 saturated heterocycles. The number of amides is 1. The molecule has 154 valence electrons. The van der Waals surface area contributed by atoms with Crippen LogP contribution in [0.25, 0.3) is 0 Å². The van der Waals surface area contributed by atoms with Gasteiger partial charge in [-0.05, 0) is 35.9 Å². The van der Waals surface area contributed by atoms with E-state index in [1.165, 1.54) is 17.0 Å². The van der Waals surface area contributed by atoms with Crippen LogP contribution in [0.15, 0.2) is 47.6 Å². The number of hydrogen-bond acceptors (Lipinski definition) is 4. The van der Waals surface area contributed by atoms with E-state index in [0.717, 1.165) is 23.1 Å². The lowest BCUT2D eigenvalue weighted by atomic mass is 10.0. The fraction of sp³-hybridized carbons (Fsp3) is 0.364. The molecule has 0 aromatic heterocycles. The van der Waals surface area contributed by atoms with Gasteiger partial charge in [-0.25, -0.2) is 8.78 Å². The van der Waals surface area contributed by atoms with Crippen molar-refractivity contribution in [2.24, 2.45) is 11.1 Å². The highest BCUT2D eigenvalue weighted by Crippen LogP contribution is 2.22. The van der Waals surface area contributed by atoms with Crippen molar-refractivity contribution in [1.82, 2.24) is 4.90 Å². The number of methoxy groups -OCH3 is 1. The van der Waals surface area contributed by atoms with Crippen LogP contribution in [0.2, 0.25) is 0 Å². The Kier molecular flexibility index (Phi) is 6.46. The van der Waals surface area contributed by atoms with Crippen molar-refractivity contribution in [3.05, 3.63) is 65.2 Å². The zero-order chi connectivity index (χ0) is 21.0. The molecular weight excluding hydrogens is 378 g/mol. The first kappa shape index (κ1) is 20.8. The largest absolute Gasteiger partial charge is 0.497 e. The van der Waals surface area contributed by atoms with E-state index in [2.05, 4.69) is 5.16 Å². The maximum Gasteiger partial charge on any atom is 0.225 e. The van der Waals surface area contributed by atoms with Crippen LogP contribution in [-0.2, 0) is 16.2 Å². The molecule has 5 nitrogen and oxygen atoms in total. The first-order valence-electron chi connectivity index (χ1n) is 9.47. The molecule has 7 heteroatoms. The van der Waals surface area contributed by atoms with E-state index in [1.807, 2.05) is 24.3 Å². The van der Waals surface area contributed by atoms with Crippen molar-refractivity contribution in [3.8, 4) is 5.75 Å². The van der Waals surface area contributed by atoms with Crippen LogP contribution in [0.4, 0.5) is 8.78 Å². The maximum atomic E-state index is 14.1. The van der Waals surface area contributed by atoms with Crippen molar-refractivity contribution in [2.75, 3.05) is 13.7 Å². The van der Waals surface area contributed by atoms with E-state index in [-0.39, 0.29) is 36.6 Å². The summed E-state index contributed by atoms with van der Waals surface area (Å²) in [5.41, 5.74) is 1.96. The minimum absolute atomic E-state index is 0.0425. The van der Waals surface area contributed by atoms with Crippen LogP contribution in [0.1, 0.15) is 31.4 Å². The molecule has 1 amide bonds. The van der Waals surface area contributed by atoms with Crippen LogP contribution >= 0.6 is 0 Å². The van der Waals surface area contributed by atoms with Gasteiger partial charge >= 0.3 is 0 Å². The minimum atomic E-state index is -0.672. The second-order valence-electron chi connectivity index (χ2n) is 7.31. The van der Waals surface area contributed by atoms with Gasteiger partial charge in [0.05, 0.1) is 19.4 Å². The van der Waals surface area contributed by atoms with Crippen LogP contribution < -0.4 is 4.74 Å². The summed E-state index contributed by atoms with van der Waals surface area (Å²) in [6.07, 6.45) is 0.193. The van der Waals surface area contributed by atoms with E-state index in [9.17, 15) is 13.6 Å². The molecule has 3 rings (SSSR count). The lowest BCUT2D eigenvalue weighted by Gasteiger charge is -2.26. The molecule has 0 spiro atoms. The number of nitrogens with zero attached hydrogens (tertiary/aromatic N) is 2. The highest BCUT2D eigenvalue weighted by molar-refractivity contribution is 6.01. The number of benzene rings is 2. The summed E-state index contributed by atoms with van der Waals surface area (Å²) in [4.78, 5) is 19.7. The number of halogens is 2. The first-order valence-corrected chi connectivity index (χ1v) is 9.47. The molecule has 0 fully saturated rings. The summed E-state index contributed by atoms with van der Waals surface area (Å²) < 4.78 is 32.4. The van der Waals surface area contributed by atoms with Crippen molar-refractivity contribution < 1.29 is 23.1 Å². The summed E-state index contributed by atoms with van der Waals surface area (Å²) in [6, 6.07) is 10.9. The Balaban J connectivity index is 1.69. The van der Waals surface area contributed by atoms with Crippen molar-refractivity contribution in [1.29, 1.82) is 0 Å². The summed E-state index contributed by atoms with van der Waals surface area (Å²) in [5, 5.41) is 4.15. The highest BCUT2D eigenvalue weighted by Gasteiger charge is 2.28. The summed E-state index contributed by atoms with van der Waals surface area (Å²) in [7, 11) is 1.60. The fourth-order valence-corrected chi connectivity index (χ4v) is 3.18. The topological polar surface area (TPSA) is 51.1 Å². The monoisotopic (exact) mass is 402 g/mol. The Morgan fingerprint density at radius 3 is 2.59 bits per heavy atom. The third-order valence-corrected chi connectivity index (χ3v) is 4.76. The van der Waals surface area contributed by atoms with Crippen molar-refractivity contribution in [2.45, 2.75) is 32.9 Å². The number of oxime groups is 1. The number of rotatable bonds is 7. The van der Waals surface area contributed by atoms with Gasteiger partial charge in [0.15, 0.2) is 6.10 Å². The van der Waals surface area contributed by atoms with Gasteiger partial charge in [0.25, 0.3) is 0 Å². The summed E-state index contributed by atoms with van der Waals surface area (Å²) in [5.74, 6) is -0.962. The number of carbonyl (C=O) groups excluding carboxylic acids is 1. The second-order valence-corrected chi connectivity index (χ2v) is 7.31. The van der Waals surface area contributed by atoms with Gasteiger partial charge in [-0.1, -0.05) is 25.1 Å². The molecule has 0 bridgehead atoms. The summed E-state index contributed by atoms with van der Waals surface area (Å²) in [6.45, 7) is 3.87. The molecule has 0 radical (unpaired) electrons. The standard InChI is InChI=1S/C22H24F2N2O3/c1-14(2)22(27)26(12-16-4-7-17(23)10-20(16)24)13-19-11-21(25-29-19)15-5-8-18(28-3)9-6-15/h4-10,14,19H,11-13H2,1-3H3. The number of carbonyl (C=O) groups is 1. The fourth-order valence-electron chi connectivity index (χ4n) is 3.18. The molecule has 29 heavy (non-hydrogen) atoms. The van der Waals surface area contributed by atoms with Crippen LogP contribution in [-0.4, -0.2) is 36.3 Å².